The maximum absolute atomic E-state index is 12.2. The summed E-state index contributed by atoms with van der Waals surface area (Å²) in [7, 11) is 0. The fourth-order valence-electron chi connectivity index (χ4n) is 2.67. The molecule has 0 saturated carbocycles. The lowest BCUT2D eigenvalue weighted by atomic mass is 10.1. The van der Waals surface area contributed by atoms with Gasteiger partial charge in [0, 0.05) is 10.3 Å². The zero-order valence-corrected chi connectivity index (χ0v) is 14.2. The quantitative estimate of drug-likeness (QED) is 0.672. The molecule has 0 radical (unpaired) electrons. The van der Waals surface area contributed by atoms with Crippen LogP contribution in [0.1, 0.15) is 31.2 Å². The Balaban J connectivity index is 1.53. The lowest BCUT2D eigenvalue weighted by molar-refractivity contribution is -0.167. The molecule has 1 aromatic carbocycles. The number of aryl methyl sites for hydroxylation is 1. The van der Waals surface area contributed by atoms with Gasteiger partial charge in [0.2, 0.25) is 0 Å². The van der Waals surface area contributed by atoms with E-state index in [9.17, 15) is 14.4 Å². The molecule has 2 aromatic heterocycles. The zero-order chi connectivity index (χ0) is 16.8. The molecule has 1 aliphatic heterocycles. The molecule has 0 bridgehead atoms. The van der Waals surface area contributed by atoms with E-state index in [1.54, 1.807) is 46.9 Å². The van der Waals surface area contributed by atoms with Gasteiger partial charge in [0.1, 0.15) is 0 Å². The maximum atomic E-state index is 12.2. The topological polar surface area (TPSA) is 63.7 Å². The van der Waals surface area contributed by atoms with Crippen molar-refractivity contribution in [3.63, 3.8) is 0 Å². The van der Waals surface area contributed by atoms with E-state index in [0.717, 1.165) is 15.0 Å². The number of hydrogen-bond donors (Lipinski definition) is 0. The van der Waals surface area contributed by atoms with Crippen molar-refractivity contribution in [1.29, 1.82) is 0 Å². The molecular weight excluding hydrogens is 346 g/mol. The molecule has 1 aliphatic rings. The van der Waals surface area contributed by atoms with Gasteiger partial charge in [0.05, 0.1) is 21.6 Å². The Morgan fingerprint density at radius 1 is 1.17 bits per heavy atom. The first-order valence-electron chi connectivity index (χ1n) is 7.19. The first kappa shape index (κ1) is 15.0. The van der Waals surface area contributed by atoms with E-state index in [1.807, 2.05) is 18.4 Å². The van der Waals surface area contributed by atoms with Crippen LogP contribution < -0.4 is 0 Å². The van der Waals surface area contributed by atoms with Crippen LogP contribution in [0.15, 0.2) is 35.7 Å². The lowest BCUT2D eigenvalue weighted by Gasteiger charge is -2.12. The Bertz CT molecular complexity index is 966. The molecule has 3 aromatic rings. The second-order valence-corrected chi connectivity index (χ2v) is 7.80. The first-order valence-corrected chi connectivity index (χ1v) is 8.89. The van der Waals surface area contributed by atoms with Gasteiger partial charge >= 0.3 is 5.97 Å². The molecule has 0 fully saturated rings. The number of thiophene rings is 2. The van der Waals surface area contributed by atoms with Crippen molar-refractivity contribution in [1.82, 2.24) is 5.06 Å². The SMILES string of the molecule is Cc1cc2c(CC(=O)ON3C(=O)c4ccccc4C3=O)csc2s1. The molecule has 2 amide bonds. The molecule has 7 heteroatoms. The van der Waals surface area contributed by atoms with E-state index in [1.165, 1.54) is 4.88 Å². The number of fused-ring (bicyclic) bond motifs is 2. The van der Waals surface area contributed by atoms with Crippen LogP contribution in [0.2, 0.25) is 0 Å². The van der Waals surface area contributed by atoms with Gasteiger partial charge < -0.3 is 4.84 Å². The normalized spacial score (nSPS) is 13.6. The summed E-state index contributed by atoms with van der Waals surface area (Å²) < 4.78 is 1.15. The second kappa shape index (κ2) is 5.54. The van der Waals surface area contributed by atoms with Crippen LogP contribution >= 0.6 is 22.7 Å². The Morgan fingerprint density at radius 3 is 2.50 bits per heavy atom. The third-order valence-corrected chi connectivity index (χ3v) is 5.98. The van der Waals surface area contributed by atoms with Crippen LogP contribution in [0.25, 0.3) is 9.40 Å². The fourth-order valence-corrected chi connectivity index (χ4v) is 4.95. The Hall–Kier alpha value is -2.51. The van der Waals surface area contributed by atoms with Gasteiger partial charge in [-0.15, -0.1) is 22.7 Å². The Morgan fingerprint density at radius 2 is 1.83 bits per heavy atom. The number of carbonyl (C=O) groups is 3. The summed E-state index contributed by atoms with van der Waals surface area (Å²) in [6.45, 7) is 2.01. The van der Waals surface area contributed by atoms with Crippen molar-refractivity contribution in [3.8, 4) is 0 Å². The number of nitrogens with zero attached hydrogens (tertiary/aromatic N) is 1. The molecule has 0 N–H and O–H groups in total. The minimum Gasteiger partial charge on any atom is -0.329 e. The summed E-state index contributed by atoms with van der Waals surface area (Å²) in [4.78, 5) is 42.8. The average molecular weight is 357 g/mol. The number of carbonyl (C=O) groups excluding carboxylic acids is 3. The number of benzene rings is 1. The lowest BCUT2D eigenvalue weighted by Crippen LogP contribution is -2.33. The molecule has 0 spiro atoms. The minimum atomic E-state index is -0.631. The smallest absolute Gasteiger partial charge is 0.329 e. The van der Waals surface area contributed by atoms with Crippen molar-refractivity contribution in [2.75, 3.05) is 0 Å². The van der Waals surface area contributed by atoms with Gasteiger partial charge in [-0.05, 0) is 36.1 Å². The van der Waals surface area contributed by atoms with Gasteiger partial charge in [-0.1, -0.05) is 17.2 Å². The summed E-state index contributed by atoms with van der Waals surface area (Å²) in [5.74, 6) is -1.84. The van der Waals surface area contributed by atoms with Crippen molar-refractivity contribution in [2.45, 2.75) is 13.3 Å². The van der Waals surface area contributed by atoms with Crippen molar-refractivity contribution < 1.29 is 19.2 Å². The molecule has 0 aliphatic carbocycles. The zero-order valence-electron chi connectivity index (χ0n) is 12.6. The van der Waals surface area contributed by atoms with Crippen LogP contribution in [0, 0.1) is 6.92 Å². The maximum Gasteiger partial charge on any atom is 0.337 e. The van der Waals surface area contributed by atoms with E-state index >= 15 is 0 Å². The highest BCUT2D eigenvalue weighted by Gasteiger charge is 2.38. The monoisotopic (exact) mass is 357 g/mol. The summed E-state index contributed by atoms with van der Waals surface area (Å²) in [6.07, 6.45) is 0.0174. The Kier molecular flexibility index (Phi) is 3.47. The molecule has 5 nitrogen and oxygen atoms in total. The number of rotatable bonds is 3. The highest BCUT2D eigenvalue weighted by molar-refractivity contribution is 7.37. The van der Waals surface area contributed by atoms with Crippen LogP contribution in [0.4, 0.5) is 0 Å². The number of hydrogen-bond acceptors (Lipinski definition) is 6. The number of amides is 2. The number of hydroxylamine groups is 2. The van der Waals surface area contributed by atoms with Crippen LogP contribution in [-0.2, 0) is 16.1 Å². The predicted octanol–water partition coefficient (Wildman–Crippen LogP) is 3.57. The van der Waals surface area contributed by atoms with Gasteiger partial charge in [-0.2, -0.15) is 0 Å². The molecule has 3 heterocycles. The van der Waals surface area contributed by atoms with Crippen LogP contribution in [0.5, 0.6) is 0 Å². The van der Waals surface area contributed by atoms with E-state index in [2.05, 4.69) is 0 Å². The molecule has 24 heavy (non-hydrogen) atoms. The first-order chi connectivity index (χ1) is 11.5. The summed E-state index contributed by atoms with van der Waals surface area (Å²) in [6, 6.07) is 8.44. The average Bonchev–Trinajstić information content (AvgIpc) is 3.17. The van der Waals surface area contributed by atoms with Crippen molar-refractivity contribution >= 4 is 49.9 Å². The highest BCUT2D eigenvalue weighted by Crippen LogP contribution is 2.34. The van der Waals surface area contributed by atoms with Gasteiger partial charge in [0.25, 0.3) is 11.8 Å². The van der Waals surface area contributed by atoms with Gasteiger partial charge in [-0.3, -0.25) is 9.59 Å². The van der Waals surface area contributed by atoms with Crippen molar-refractivity contribution in [2.24, 2.45) is 0 Å². The highest BCUT2D eigenvalue weighted by atomic mass is 32.2. The largest absolute Gasteiger partial charge is 0.337 e. The Labute approximate surface area is 145 Å². The third-order valence-electron chi connectivity index (χ3n) is 3.76. The predicted molar refractivity (Wildman–Crippen MR) is 91.2 cm³/mol. The third kappa shape index (κ3) is 2.33. The van der Waals surface area contributed by atoms with Crippen LogP contribution in [0.3, 0.4) is 0 Å². The van der Waals surface area contributed by atoms with E-state index in [-0.39, 0.29) is 17.5 Å². The molecular formula is C17H11NO4S2. The van der Waals surface area contributed by atoms with Crippen molar-refractivity contribution in [3.05, 3.63) is 57.3 Å². The molecule has 0 saturated heterocycles. The fraction of sp³-hybridized carbons (Fsp3) is 0.118. The van der Waals surface area contributed by atoms with E-state index in [0.29, 0.717) is 5.06 Å². The summed E-state index contributed by atoms with van der Waals surface area (Å²) in [5, 5.41) is 3.49. The van der Waals surface area contributed by atoms with E-state index in [4.69, 9.17) is 4.84 Å². The summed E-state index contributed by atoms with van der Waals surface area (Å²) in [5.41, 5.74) is 1.35. The van der Waals surface area contributed by atoms with Crippen LogP contribution in [-0.4, -0.2) is 22.8 Å². The molecule has 120 valence electrons. The molecule has 0 atom stereocenters. The second-order valence-electron chi connectivity index (χ2n) is 5.41. The minimum absolute atomic E-state index is 0.0174. The molecule has 0 unspecified atom stereocenters. The number of imide groups is 1. The van der Waals surface area contributed by atoms with E-state index < -0.39 is 17.8 Å². The van der Waals surface area contributed by atoms with Gasteiger partial charge in [-0.25, -0.2) is 4.79 Å². The van der Waals surface area contributed by atoms with Gasteiger partial charge in [0.15, 0.2) is 0 Å². The standard InChI is InChI=1S/C17H11NO4S2/c1-9-6-13-10(8-23-17(13)24-9)7-14(19)22-18-15(20)11-4-2-3-5-12(11)16(18)21/h2-6,8H,7H2,1H3. The molecule has 4 rings (SSSR count). The summed E-state index contributed by atoms with van der Waals surface area (Å²) >= 11 is 3.25.